The van der Waals surface area contributed by atoms with E-state index in [-0.39, 0.29) is 18.0 Å². The molecule has 186 valence electrons. The van der Waals surface area contributed by atoms with Crippen molar-refractivity contribution in [3.63, 3.8) is 0 Å². The van der Waals surface area contributed by atoms with Crippen molar-refractivity contribution in [2.45, 2.75) is 44.6 Å². The van der Waals surface area contributed by atoms with Crippen molar-refractivity contribution in [3.05, 3.63) is 53.6 Å². The minimum absolute atomic E-state index is 0.0674. The molecule has 0 unspecified atom stereocenters. The molecule has 4 rings (SSSR count). The van der Waals surface area contributed by atoms with Gasteiger partial charge in [0.1, 0.15) is 6.54 Å². The van der Waals surface area contributed by atoms with Crippen LogP contribution in [0.5, 0.6) is 0 Å². The molecular formula is C26H31N3O5S. The summed E-state index contributed by atoms with van der Waals surface area (Å²) in [4.78, 5) is 26.2. The second-order valence-corrected chi connectivity index (χ2v) is 11.2. The van der Waals surface area contributed by atoms with Gasteiger partial charge in [-0.3, -0.25) is 9.52 Å². The summed E-state index contributed by atoms with van der Waals surface area (Å²) in [6.07, 6.45) is 6.60. The molecular weight excluding hydrogens is 466 g/mol. The van der Waals surface area contributed by atoms with Crippen molar-refractivity contribution >= 4 is 38.5 Å². The summed E-state index contributed by atoms with van der Waals surface area (Å²) in [5, 5.41) is 10.6. The standard InChI is InChI=1S/C26H31N3O5S/c1-28(2)23(30)16-29-22-15-19(26(31)32)11-14-21(22)24(17-7-5-4-6-8-17)25(29)18-9-12-20(13-10-18)27-35(3,33)34/h9-15,17,27H,4-8,16H2,1-3H3,(H,31,32). The van der Waals surface area contributed by atoms with Gasteiger partial charge < -0.3 is 14.6 Å². The number of carboxylic acids is 1. The van der Waals surface area contributed by atoms with Crippen molar-refractivity contribution in [2.24, 2.45) is 0 Å². The van der Waals surface area contributed by atoms with E-state index in [4.69, 9.17) is 0 Å². The van der Waals surface area contributed by atoms with E-state index >= 15 is 0 Å². The van der Waals surface area contributed by atoms with Crippen LogP contribution in [-0.4, -0.2) is 55.2 Å². The highest BCUT2D eigenvalue weighted by atomic mass is 32.2. The number of hydrogen-bond donors (Lipinski definition) is 2. The van der Waals surface area contributed by atoms with Crippen LogP contribution in [-0.2, 0) is 21.4 Å². The highest BCUT2D eigenvalue weighted by Gasteiger charge is 2.28. The number of sulfonamides is 1. The average molecular weight is 498 g/mol. The summed E-state index contributed by atoms with van der Waals surface area (Å²) < 4.78 is 27.7. The zero-order valence-electron chi connectivity index (χ0n) is 20.2. The zero-order valence-corrected chi connectivity index (χ0v) is 21.1. The molecule has 1 heterocycles. The second kappa shape index (κ2) is 9.73. The van der Waals surface area contributed by atoms with Gasteiger partial charge >= 0.3 is 5.97 Å². The van der Waals surface area contributed by atoms with Gasteiger partial charge in [0.25, 0.3) is 0 Å². The van der Waals surface area contributed by atoms with Crippen LogP contribution < -0.4 is 4.72 Å². The van der Waals surface area contributed by atoms with Crippen LogP contribution >= 0.6 is 0 Å². The molecule has 0 bridgehead atoms. The van der Waals surface area contributed by atoms with Crippen LogP contribution in [0.2, 0.25) is 0 Å². The maximum Gasteiger partial charge on any atom is 0.335 e. The van der Waals surface area contributed by atoms with Crippen LogP contribution in [0.25, 0.3) is 22.2 Å². The van der Waals surface area contributed by atoms with Gasteiger partial charge in [0.15, 0.2) is 0 Å². The molecule has 1 saturated carbocycles. The molecule has 1 amide bonds. The van der Waals surface area contributed by atoms with Gasteiger partial charge in [0.2, 0.25) is 15.9 Å². The lowest BCUT2D eigenvalue weighted by Gasteiger charge is -2.24. The number of fused-ring (bicyclic) bond motifs is 1. The molecule has 1 aromatic heterocycles. The second-order valence-electron chi connectivity index (χ2n) is 9.46. The highest BCUT2D eigenvalue weighted by molar-refractivity contribution is 7.92. The number of aromatic carboxylic acids is 1. The van der Waals surface area contributed by atoms with Gasteiger partial charge in [-0.15, -0.1) is 0 Å². The Morgan fingerprint density at radius 1 is 1.06 bits per heavy atom. The Bertz CT molecular complexity index is 1370. The van der Waals surface area contributed by atoms with Crippen molar-refractivity contribution in [1.82, 2.24) is 9.47 Å². The summed E-state index contributed by atoms with van der Waals surface area (Å²) in [5.74, 6) is -0.827. The number of carbonyl (C=O) groups excluding carboxylic acids is 1. The number of anilines is 1. The molecule has 1 fully saturated rings. The van der Waals surface area contributed by atoms with Crippen molar-refractivity contribution in [3.8, 4) is 11.3 Å². The molecule has 0 atom stereocenters. The Balaban J connectivity index is 1.97. The lowest BCUT2D eigenvalue weighted by molar-refractivity contribution is -0.129. The van der Waals surface area contributed by atoms with Crippen molar-refractivity contribution in [1.29, 1.82) is 0 Å². The predicted molar refractivity (Wildman–Crippen MR) is 137 cm³/mol. The molecule has 0 aliphatic heterocycles. The van der Waals surface area contributed by atoms with Crippen LogP contribution in [0.3, 0.4) is 0 Å². The minimum Gasteiger partial charge on any atom is -0.478 e. The molecule has 1 aliphatic rings. The molecule has 0 saturated heterocycles. The first-order valence-corrected chi connectivity index (χ1v) is 13.6. The Morgan fingerprint density at radius 2 is 1.71 bits per heavy atom. The zero-order chi connectivity index (χ0) is 25.3. The predicted octanol–water partition coefficient (Wildman–Crippen LogP) is 4.51. The lowest BCUT2D eigenvalue weighted by Crippen LogP contribution is -2.26. The molecule has 1 aliphatic carbocycles. The summed E-state index contributed by atoms with van der Waals surface area (Å²) in [6, 6.07) is 12.3. The molecule has 35 heavy (non-hydrogen) atoms. The summed E-state index contributed by atoms with van der Waals surface area (Å²) in [7, 11) is -0.0110. The third-order valence-electron chi connectivity index (χ3n) is 6.62. The van der Waals surface area contributed by atoms with E-state index in [0.29, 0.717) is 17.1 Å². The largest absolute Gasteiger partial charge is 0.478 e. The molecule has 0 radical (unpaired) electrons. The van der Waals surface area contributed by atoms with Crippen LogP contribution in [0.1, 0.15) is 53.9 Å². The maximum absolute atomic E-state index is 12.9. The van der Waals surface area contributed by atoms with E-state index in [1.807, 2.05) is 22.8 Å². The monoisotopic (exact) mass is 497 g/mol. The smallest absolute Gasteiger partial charge is 0.335 e. The number of aromatic nitrogens is 1. The van der Waals surface area contributed by atoms with E-state index in [2.05, 4.69) is 4.72 Å². The third-order valence-corrected chi connectivity index (χ3v) is 7.22. The number of nitrogens with one attached hydrogen (secondary N) is 1. The van der Waals surface area contributed by atoms with Crippen LogP contribution in [0, 0.1) is 0 Å². The molecule has 8 nitrogen and oxygen atoms in total. The van der Waals surface area contributed by atoms with Crippen LogP contribution in [0.15, 0.2) is 42.5 Å². The lowest BCUT2D eigenvalue weighted by atomic mass is 9.81. The van der Waals surface area contributed by atoms with E-state index in [1.54, 1.807) is 38.4 Å². The number of likely N-dealkylation sites (N-methyl/N-ethyl adjacent to an activating group) is 1. The fraction of sp³-hybridized carbons (Fsp3) is 0.385. The Hall–Kier alpha value is -3.33. The Kier molecular flexibility index (Phi) is 6.89. The fourth-order valence-electron chi connectivity index (χ4n) is 4.98. The first kappa shape index (κ1) is 24.8. The SMILES string of the molecule is CN(C)C(=O)Cn1c(-c2ccc(NS(C)(=O)=O)cc2)c(C2CCCCC2)c2ccc(C(=O)O)cc21. The van der Waals surface area contributed by atoms with E-state index in [1.165, 1.54) is 11.3 Å². The molecule has 3 aromatic rings. The number of benzene rings is 2. The molecule has 9 heteroatoms. The highest BCUT2D eigenvalue weighted by Crippen LogP contribution is 2.44. The molecule has 2 aromatic carbocycles. The number of nitrogens with zero attached hydrogens (tertiary/aromatic N) is 2. The third kappa shape index (κ3) is 5.35. The van der Waals surface area contributed by atoms with E-state index in [9.17, 15) is 23.1 Å². The van der Waals surface area contributed by atoms with Gasteiger partial charge in [0.05, 0.1) is 23.0 Å². The van der Waals surface area contributed by atoms with Crippen molar-refractivity contribution in [2.75, 3.05) is 25.1 Å². The summed E-state index contributed by atoms with van der Waals surface area (Å²) in [6.45, 7) is 0.0674. The molecule has 2 N–H and O–H groups in total. The number of rotatable bonds is 7. The fourth-order valence-corrected chi connectivity index (χ4v) is 5.54. The van der Waals surface area contributed by atoms with Gasteiger partial charge in [-0.2, -0.15) is 0 Å². The summed E-state index contributed by atoms with van der Waals surface area (Å²) >= 11 is 0. The summed E-state index contributed by atoms with van der Waals surface area (Å²) in [5.41, 5.74) is 4.21. The Morgan fingerprint density at radius 3 is 2.29 bits per heavy atom. The van der Waals surface area contributed by atoms with Crippen LogP contribution in [0.4, 0.5) is 5.69 Å². The van der Waals surface area contributed by atoms with Gasteiger partial charge in [-0.1, -0.05) is 37.5 Å². The first-order valence-electron chi connectivity index (χ1n) is 11.7. The minimum atomic E-state index is -3.41. The Labute approximate surface area is 205 Å². The number of carbonyl (C=O) groups is 2. The van der Waals surface area contributed by atoms with Gasteiger partial charge in [0, 0.05) is 25.2 Å². The maximum atomic E-state index is 12.9. The first-order chi connectivity index (χ1) is 16.5. The quantitative estimate of drug-likeness (QED) is 0.499. The topological polar surface area (TPSA) is 109 Å². The number of amides is 1. The normalized spacial score (nSPS) is 14.7. The van der Waals surface area contributed by atoms with Crippen molar-refractivity contribution < 1.29 is 23.1 Å². The average Bonchev–Trinajstić information content (AvgIpc) is 3.12. The number of carboxylic acid groups (broad SMARTS) is 1. The van der Waals surface area contributed by atoms with E-state index in [0.717, 1.165) is 54.1 Å². The van der Waals surface area contributed by atoms with Gasteiger partial charge in [-0.05, 0) is 54.2 Å². The van der Waals surface area contributed by atoms with E-state index < -0.39 is 16.0 Å². The number of hydrogen-bond acceptors (Lipinski definition) is 4. The van der Waals surface area contributed by atoms with Gasteiger partial charge in [-0.25, -0.2) is 13.2 Å². The molecule has 0 spiro atoms.